The highest BCUT2D eigenvalue weighted by Crippen LogP contribution is 2.22. The molecule has 1 saturated heterocycles. The first kappa shape index (κ1) is 25.7. The lowest BCUT2D eigenvalue weighted by Gasteiger charge is -2.34. The summed E-state index contributed by atoms with van der Waals surface area (Å²) in [6.07, 6.45) is 2.70. The Morgan fingerprint density at radius 2 is 1.86 bits per heavy atom. The van der Waals surface area contributed by atoms with Crippen molar-refractivity contribution in [3.8, 4) is 0 Å². The Kier molecular flexibility index (Phi) is 11.6. The van der Waals surface area contributed by atoms with Gasteiger partial charge in [-0.1, -0.05) is 29.8 Å². The first-order valence-electron chi connectivity index (χ1n) is 10.4. The minimum Gasteiger partial charge on any atom is -0.359 e. The lowest BCUT2D eigenvalue weighted by Crippen LogP contribution is -2.46. The second kappa shape index (κ2) is 13.1. The number of amides is 1. The quantitative estimate of drug-likeness (QED) is 0.333. The summed E-state index contributed by atoms with van der Waals surface area (Å²) < 4.78 is 0. The van der Waals surface area contributed by atoms with Crippen LogP contribution in [0.3, 0.4) is 0 Å². The van der Waals surface area contributed by atoms with Crippen molar-refractivity contribution in [3.63, 3.8) is 0 Å². The van der Waals surface area contributed by atoms with Gasteiger partial charge in [0.25, 0.3) is 0 Å². The van der Waals surface area contributed by atoms with Crippen molar-refractivity contribution in [1.29, 1.82) is 0 Å². The number of likely N-dealkylation sites (tertiary alicyclic amines) is 1. The summed E-state index contributed by atoms with van der Waals surface area (Å²) in [5.41, 5.74) is 2.57. The number of likely N-dealkylation sites (N-methyl/N-ethyl adjacent to an activating group) is 1. The van der Waals surface area contributed by atoms with Crippen LogP contribution < -0.4 is 10.6 Å². The van der Waals surface area contributed by atoms with Crippen molar-refractivity contribution >= 4 is 35.8 Å². The lowest BCUT2D eigenvalue weighted by molar-refractivity contribution is -0.121. The van der Waals surface area contributed by atoms with Gasteiger partial charge in [-0.2, -0.15) is 0 Å². The summed E-state index contributed by atoms with van der Waals surface area (Å²) in [7, 11) is 5.93. The molecule has 1 aromatic carbocycles. The van der Waals surface area contributed by atoms with E-state index in [1.807, 2.05) is 0 Å². The molecule has 1 atom stereocenters. The monoisotopic (exact) mass is 515 g/mol. The van der Waals surface area contributed by atoms with Gasteiger partial charge >= 0.3 is 0 Å². The highest BCUT2D eigenvalue weighted by Gasteiger charge is 2.23. The molecule has 0 saturated carbocycles. The summed E-state index contributed by atoms with van der Waals surface area (Å²) in [5.74, 6) is 1.60. The van der Waals surface area contributed by atoms with Crippen LogP contribution in [-0.4, -0.2) is 69.0 Å². The lowest BCUT2D eigenvalue weighted by atomic mass is 9.93. The second-order valence-corrected chi connectivity index (χ2v) is 7.89. The van der Waals surface area contributed by atoms with E-state index in [0.29, 0.717) is 12.3 Å². The van der Waals surface area contributed by atoms with E-state index in [-0.39, 0.29) is 35.9 Å². The van der Waals surface area contributed by atoms with Gasteiger partial charge in [0.05, 0.1) is 12.6 Å². The van der Waals surface area contributed by atoms with E-state index >= 15 is 0 Å². The van der Waals surface area contributed by atoms with Gasteiger partial charge < -0.3 is 20.4 Å². The number of carbonyl (C=O) groups excluding carboxylic acids is 1. The fourth-order valence-corrected chi connectivity index (χ4v) is 3.67. The summed E-state index contributed by atoms with van der Waals surface area (Å²) in [5, 5.41) is 6.19. The van der Waals surface area contributed by atoms with Crippen molar-refractivity contribution in [3.05, 3.63) is 35.4 Å². The number of piperidine rings is 1. The molecular weight excluding hydrogens is 477 g/mol. The molecule has 29 heavy (non-hydrogen) atoms. The van der Waals surface area contributed by atoms with Gasteiger partial charge in [0.2, 0.25) is 5.91 Å². The molecule has 1 amide bonds. The van der Waals surface area contributed by atoms with E-state index in [9.17, 15) is 4.79 Å². The Labute approximate surface area is 193 Å². The van der Waals surface area contributed by atoms with Crippen LogP contribution in [0.1, 0.15) is 43.4 Å². The van der Waals surface area contributed by atoms with Gasteiger partial charge in [-0.05, 0) is 52.3 Å². The highest BCUT2D eigenvalue weighted by molar-refractivity contribution is 14.0. The molecule has 1 fully saturated rings. The smallest absolute Gasteiger partial charge is 0.220 e. The zero-order valence-corrected chi connectivity index (χ0v) is 20.9. The van der Waals surface area contributed by atoms with Crippen LogP contribution in [0.25, 0.3) is 0 Å². The zero-order chi connectivity index (χ0) is 20.5. The minimum atomic E-state index is 0. The molecule has 7 heteroatoms. The number of halogens is 1. The molecule has 0 aromatic heterocycles. The zero-order valence-electron chi connectivity index (χ0n) is 18.6. The first-order valence-corrected chi connectivity index (χ1v) is 10.4. The van der Waals surface area contributed by atoms with Gasteiger partial charge in [0.15, 0.2) is 5.96 Å². The molecule has 0 radical (unpaired) electrons. The van der Waals surface area contributed by atoms with Crippen molar-refractivity contribution in [2.45, 2.75) is 39.2 Å². The van der Waals surface area contributed by atoms with Crippen molar-refractivity contribution in [1.82, 2.24) is 20.4 Å². The fraction of sp³-hybridized carbons (Fsp3) is 0.636. The van der Waals surface area contributed by atoms with E-state index in [0.717, 1.165) is 45.0 Å². The fourth-order valence-electron chi connectivity index (χ4n) is 3.67. The number of aryl methyl sites for hydroxylation is 1. The molecule has 0 aliphatic carbocycles. The molecule has 1 heterocycles. The van der Waals surface area contributed by atoms with Crippen LogP contribution in [0.15, 0.2) is 29.3 Å². The Morgan fingerprint density at radius 3 is 2.38 bits per heavy atom. The molecule has 1 aliphatic heterocycles. The van der Waals surface area contributed by atoms with Gasteiger partial charge in [0, 0.05) is 33.1 Å². The predicted octanol–water partition coefficient (Wildman–Crippen LogP) is 3.03. The van der Waals surface area contributed by atoms with Gasteiger partial charge in [0.1, 0.15) is 0 Å². The number of hydrogen-bond donors (Lipinski definition) is 2. The van der Waals surface area contributed by atoms with E-state index in [1.165, 1.54) is 11.1 Å². The number of benzene rings is 1. The molecule has 2 N–H and O–H groups in total. The van der Waals surface area contributed by atoms with Crippen molar-refractivity contribution in [2.75, 3.05) is 47.3 Å². The molecule has 0 bridgehead atoms. The molecule has 2 rings (SSSR count). The SMILES string of the molecule is CCNC(=NCC(c1ccc(C)cc1)N(C)C)N1CCC(CC(=O)NC)CC1.I. The van der Waals surface area contributed by atoms with Crippen molar-refractivity contribution in [2.24, 2.45) is 10.9 Å². The molecule has 1 unspecified atom stereocenters. The Balaban J connectivity index is 0.00000420. The largest absolute Gasteiger partial charge is 0.359 e. The molecule has 1 aromatic rings. The Morgan fingerprint density at radius 1 is 1.24 bits per heavy atom. The van der Waals surface area contributed by atoms with Crippen LogP contribution in [0.2, 0.25) is 0 Å². The molecule has 6 nitrogen and oxygen atoms in total. The normalized spacial score (nSPS) is 16.3. The average Bonchev–Trinajstić information content (AvgIpc) is 2.69. The van der Waals surface area contributed by atoms with E-state index in [1.54, 1.807) is 7.05 Å². The standard InChI is InChI=1S/C22H37N5O.HI/c1-6-24-22(27-13-11-18(12-14-27)15-21(28)23-3)25-16-20(26(4)5)19-9-7-17(2)8-10-19;/h7-10,18,20H,6,11-16H2,1-5H3,(H,23,28)(H,24,25);1H. The highest BCUT2D eigenvalue weighted by atomic mass is 127. The maximum absolute atomic E-state index is 11.6. The summed E-state index contributed by atoms with van der Waals surface area (Å²) >= 11 is 0. The third kappa shape index (κ3) is 8.12. The predicted molar refractivity (Wildman–Crippen MR) is 132 cm³/mol. The Hall–Kier alpha value is -1.35. The summed E-state index contributed by atoms with van der Waals surface area (Å²) in [6, 6.07) is 8.98. The van der Waals surface area contributed by atoms with Crippen LogP contribution in [-0.2, 0) is 4.79 Å². The van der Waals surface area contributed by atoms with Crippen molar-refractivity contribution < 1.29 is 4.79 Å². The van der Waals surface area contributed by atoms with Gasteiger partial charge in [-0.15, -0.1) is 24.0 Å². The van der Waals surface area contributed by atoms with Gasteiger partial charge in [-0.3, -0.25) is 9.79 Å². The number of rotatable bonds is 7. The Bertz CT molecular complexity index is 639. The molecule has 1 aliphatic rings. The maximum atomic E-state index is 11.6. The molecular formula is C22H38IN5O. The van der Waals surface area contributed by atoms with Crippen LogP contribution in [0.5, 0.6) is 0 Å². The van der Waals surface area contributed by atoms with E-state index in [4.69, 9.17) is 4.99 Å². The number of nitrogens with one attached hydrogen (secondary N) is 2. The third-order valence-corrected chi connectivity index (χ3v) is 5.50. The number of hydrogen-bond acceptors (Lipinski definition) is 3. The van der Waals surface area contributed by atoms with E-state index < -0.39 is 0 Å². The topological polar surface area (TPSA) is 60.0 Å². The second-order valence-electron chi connectivity index (χ2n) is 7.89. The number of guanidine groups is 1. The minimum absolute atomic E-state index is 0. The average molecular weight is 515 g/mol. The van der Waals surface area contributed by atoms with E-state index in [2.05, 4.69) is 72.6 Å². The third-order valence-electron chi connectivity index (χ3n) is 5.50. The number of carbonyl (C=O) groups is 1. The maximum Gasteiger partial charge on any atom is 0.220 e. The van der Waals surface area contributed by atoms with Crippen LogP contribution >= 0.6 is 24.0 Å². The number of nitrogens with zero attached hydrogens (tertiary/aromatic N) is 3. The van der Waals surface area contributed by atoms with Gasteiger partial charge in [-0.25, -0.2) is 0 Å². The molecule has 0 spiro atoms. The summed E-state index contributed by atoms with van der Waals surface area (Å²) in [4.78, 5) is 21.2. The summed E-state index contributed by atoms with van der Waals surface area (Å²) in [6.45, 7) is 7.70. The van der Waals surface area contributed by atoms with Crippen LogP contribution in [0, 0.1) is 12.8 Å². The first-order chi connectivity index (χ1) is 13.4. The number of aliphatic imine (C=N–C) groups is 1. The van der Waals surface area contributed by atoms with Crippen LogP contribution in [0.4, 0.5) is 0 Å². The molecule has 164 valence electrons.